The van der Waals surface area contributed by atoms with Gasteiger partial charge in [-0.3, -0.25) is 0 Å². The van der Waals surface area contributed by atoms with Gasteiger partial charge in [-0.05, 0) is 13.8 Å². The van der Waals surface area contributed by atoms with Crippen LogP contribution in [0, 0.1) is 13.8 Å². The summed E-state index contributed by atoms with van der Waals surface area (Å²) in [6.45, 7) is 4.78. The van der Waals surface area contributed by atoms with Gasteiger partial charge in [-0.2, -0.15) is 0 Å². The van der Waals surface area contributed by atoms with Gasteiger partial charge in [-0.15, -0.1) is 0 Å². The molecule has 0 atom stereocenters. The zero-order chi connectivity index (χ0) is 15.2. The molecule has 1 aromatic heterocycles. The molecule has 0 aromatic carbocycles. The molecular weight excluding hydrogens is 284 g/mol. The summed E-state index contributed by atoms with van der Waals surface area (Å²) in [5.41, 5.74) is 6.09. The van der Waals surface area contributed by atoms with E-state index in [1.165, 1.54) is 0 Å². The molecule has 8 heteroatoms. The molecule has 0 saturated carbocycles. The van der Waals surface area contributed by atoms with E-state index in [0.717, 1.165) is 0 Å². The summed E-state index contributed by atoms with van der Waals surface area (Å²) in [6.07, 6.45) is 0. The topological polar surface area (TPSA) is 104 Å². The first-order chi connectivity index (χ1) is 9.44. The first-order valence-electron chi connectivity index (χ1n) is 6.29. The van der Waals surface area contributed by atoms with Crippen LogP contribution in [0.1, 0.15) is 17.1 Å². The number of hydrogen-bond acceptors (Lipinski definition) is 6. The Bertz CT molecular complexity index is 524. The van der Waals surface area contributed by atoms with E-state index in [1.54, 1.807) is 21.0 Å². The van der Waals surface area contributed by atoms with Crippen LogP contribution in [0.4, 0.5) is 0 Å². The van der Waals surface area contributed by atoms with Crippen LogP contribution in [-0.2, 0) is 26.0 Å². The molecule has 20 heavy (non-hydrogen) atoms. The Morgan fingerprint density at radius 2 is 1.90 bits per heavy atom. The molecule has 0 aliphatic carbocycles. The van der Waals surface area contributed by atoms with Gasteiger partial charge in [0, 0.05) is 25.8 Å². The third-order valence-electron chi connectivity index (χ3n) is 2.77. The smallest absolute Gasteiger partial charge is 0.244 e. The summed E-state index contributed by atoms with van der Waals surface area (Å²) in [6, 6.07) is 0. The van der Waals surface area contributed by atoms with Crippen molar-refractivity contribution in [3.05, 3.63) is 17.1 Å². The molecule has 0 fully saturated rings. The summed E-state index contributed by atoms with van der Waals surface area (Å²) < 4.78 is 42.3. The first kappa shape index (κ1) is 17.1. The standard InChI is InChI=1S/C12H22N2O5S/c1-9-11(8-13)12(10(2)19-9)20(15,16)14-4-5-18-7-6-17-3/h14H,4-8,13H2,1-3H3. The highest BCUT2D eigenvalue weighted by Crippen LogP contribution is 2.25. The van der Waals surface area contributed by atoms with Crippen molar-refractivity contribution in [3.8, 4) is 0 Å². The minimum Gasteiger partial charge on any atom is -0.465 e. The lowest BCUT2D eigenvalue weighted by Gasteiger charge is -2.08. The van der Waals surface area contributed by atoms with Gasteiger partial charge in [0.05, 0.1) is 19.8 Å². The molecule has 0 bridgehead atoms. The van der Waals surface area contributed by atoms with Crippen LogP contribution in [0.25, 0.3) is 0 Å². The van der Waals surface area contributed by atoms with E-state index < -0.39 is 10.0 Å². The number of hydrogen-bond donors (Lipinski definition) is 2. The summed E-state index contributed by atoms with van der Waals surface area (Å²) in [5.74, 6) is 0.873. The zero-order valence-electron chi connectivity index (χ0n) is 12.1. The number of ether oxygens (including phenoxy) is 2. The van der Waals surface area contributed by atoms with Crippen molar-refractivity contribution in [2.45, 2.75) is 25.3 Å². The number of methoxy groups -OCH3 is 1. The highest BCUT2D eigenvalue weighted by molar-refractivity contribution is 7.89. The van der Waals surface area contributed by atoms with Crippen molar-refractivity contribution in [2.75, 3.05) is 33.5 Å². The van der Waals surface area contributed by atoms with Crippen molar-refractivity contribution >= 4 is 10.0 Å². The molecule has 1 aromatic rings. The van der Waals surface area contributed by atoms with Crippen LogP contribution in [0.15, 0.2) is 9.31 Å². The number of rotatable bonds is 9. The minimum atomic E-state index is -3.64. The second kappa shape index (κ2) is 7.75. The Morgan fingerprint density at radius 3 is 2.50 bits per heavy atom. The molecule has 7 nitrogen and oxygen atoms in total. The van der Waals surface area contributed by atoms with E-state index in [4.69, 9.17) is 19.6 Å². The van der Waals surface area contributed by atoms with Gasteiger partial charge in [0.25, 0.3) is 0 Å². The second-order valence-corrected chi connectivity index (χ2v) is 5.93. The molecule has 1 heterocycles. The highest BCUT2D eigenvalue weighted by atomic mass is 32.2. The van der Waals surface area contributed by atoms with Gasteiger partial charge in [0.1, 0.15) is 16.4 Å². The predicted molar refractivity (Wildman–Crippen MR) is 74.0 cm³/mol. The summed E-state index contributed by atoms with van der Waals surface area (Å²) in [4.78, 5) is 0.134. The van der Waals surface area contributed by atoms with Crippen LogP contribution in [0.3, 0.4) is 0 Å². The number of aryl methyl sites for hydroxylation is 2. The van der Waals surface area contributed by atoms with Crippen molar-refractivity contribution in [1.82, 2.24) is 4.72 Å². The molecule has 0 spiro atoms. The Kier molecular flexibility index (Phi) is 6.63. The number of furan rings is 1. The molecule has 1 rings (SSSR count). The lowest BCUT2D eigenvalue weighted by molar-refractivity contribution is 0.0736. The Labute approximate surface area is 119 Å². The lowest BCUT2D eigenvalue weighted by atomic mass is 10.2. The van der Waals surface area contributed by atoms with E-state index in [-0.39, 0.29) is 24.6 Å². The van der Waals surface area contributed by atoms with Crippen LogP contribution in [-0.4, -0.2) is 41.9 Å². The maximum atomic E-state index is 12.2. The highest BCUT2D eigenvalue weighted by Gasteiger charge is 2.25. The fraction of sp³-hybridized carbons (Fsp3) is 0.667. The van der Waals surface area contributed by atoms with Crippen molar-refractivity contribution in [3.63, 3.8) is 0 Å². The number of sulfonamides is 1. The van der Waals surface area contributed by atoms with E-state index in [9.17, 15) is 8.42 Å². The summed E-state index contributed by atoms with van der Waals surface area (Å²) >= 11 is 0. The average Bonchev–Trinajstić information content (AvgIpc) is 2.68. The Balaban J connectivity index is 2.65. The minimum absolute atomic E-state index is 0.115. The van der Waals surface area contributed by atoms with Gasteiger partial charge >= 0.3 is 0 Å². The van der Waals surface area contributed by atoms with Crippen molar-refractivity contribution in [1.29, 1.82) is 0 Å². The molecule has 0 unspecified atom stereocenters. The molecule has 0 radical (unpaired) electrons. The molecule has 3 N–H and O–H groups in total. The van der Waals surface area contributed by atoms with Gasteiger partial charge in [0.15, 0.2) is 0 Å². The molecule has 116 valence electrons. The quantitative estimate of drug-likeness (QED) is 0.636. The third kappa shape index (κ3) is 4.29. The predicted octanol–water partition coefficient (Wildman–Crippen LogP) is 0.296. The maximum absolute atomic E-state index is 12.2. The first-order valence-corrected chi connectivity index (χ1v) is 7.77. The van der Waals surface area contributed by atoms with Crippen molar-refractivity contribution in [2.24, 2.45) is 5.73 Å². The largest absolute Gasteiger partial charge is 0.465 e. The fourth-order valence-corrected chi connectivity index (χ4v) is 3.33. The van der Waals surface area contributed by atoms with Crippen LogP contribution < -0.4 is 10.5 Å². The van der Waals surface area contributed by atoms with E-state index in [2.05, 4.69) is 4.72 Å². The van der Waals surface area contributed by atoms with Crippen LogP contribution in [0.5, 0.6) is 0 Å². The van der Waals surface area contributed by atoms with E-state index in [1.807, 2.05) is 0 Å². The third-order valence-corrected chi connectivity index (χ3v) is 4.42. The monoisotopic (exact) mass is 306 g/mol. The number of nitrogens with two attached hydrogens (primary N) is 1. The lowest BCUT2D eigenvalue weighted by Crippen LogP contribution is -2.29. The molecular formula is C12H22N2O5S. The van der Waals surface area contributed by atoms with E-state index >= 15 is 0 Å². The number of nitrogens with one attached hydrogen (secondary N) is 1. The molecule has 0 aliphatic heterocycles. The average molecular weight is 306 g/mol. The fourth-order valence-electron chi connectivity index (χ4n) is 1.86. The maximum Gasteiger partial charge on any atom is 0.244 e. The van der Waals surface area contributed by atoms with Gasteiger partial charge in [-0.25, -0.2) is 13.1 Å². The summed E-state index contributed by atoms with van der Waals surface area (Å²) in [5, 5.41) is 0. The molecule has 0 aliphatic rings. The van der Waals surface area contributed by atoms with Crippen molar-refractivity contribution < 1.29 is 22.3 Å². The van der Waals surface area contributed by atoms with Crippen LogP contribution in [0.2, 0.25) is 0 Å². The van der Waals surface area contributed by atoms with Gasteiger partial charge < -0.3 is 19.6 Å². The van der Waals surface area contributed by atoms with Crippen LogP contribution >= 0.6 is 0 Å². The zero-order valence-corrected chi connectivity index (χ0v) is 12.9. The Morgan fingerprint density at radius 1 is 1.20 bits per heavy atom. The normalized spacial score (nSPS) is 12.0. The summed E-state index contributed by atoms with van der Waals surface area (Å²) in [7, 11) is -2.07. The Hall–Kier alpha value is -0.930. The van der Waals surface area contributed by atoms with Gasteiger partial charge in [-0.1, -0.05) is 0 Å². The molecule has 0 saturated heterocycles. The molecule has 0 amide bonds. The second-order valence-electron chi connectivity index (χ2n) is 4.23. The SMILES string of the molecule is COCCOCCNS(=O)(=O)c1c(C)oc(C)c1CN. The van der Waals surface area contributed by atoms with Gasteiger partial charge in [0.2, 0.25) is 10.0 Å². The van der Waals surface area contributed by atoms with E-state index in [0.29, 0.717) is 30.3 Å².